The van der Waals surface area contributed by atoms with Crippen molar-refractivity contribution in [3.05, 3.63) is 64.8 Å². The molecule has 0 saturated heterocycles. The first kappa shape index (κ1) is 15.0. The summed E-state index contributed by atoms with van der Waals surface area (Å²) in [6.45, 7) is 5.99. The Morgan fingerprint density at radius 3 is 2.39 bits per heavy atom. The Labute approximate surface area is 134 Å². The smallest absolute Gasteiger partial charge is 0.358 e. The monoisotopic (exact) mass is 307 g/mol. The lowest BCUT2D eigenvalue weighted by Gasteiger charge is -2.11. The summed E-state index contributed by atoms with van der Waals surface area (Å²) < 4.78 is 1.60. The van der Waals surface area contributed by atoms with Crippen LogP contribution in [0.4, 0.5) is 0 Å². The predicted octanol–water partition coefficient (Wildman–Crippen LogP) is 3.56. The second-order valence-corrected chi connectivity index (χ2v) is 5.59. The van der Waals surface area contributed by atoms with E-state index in [1.165, 1.54) is 5.56 Å². The molecule has 5 heteroatoms. The topological polar surface area (TPSA) is 68.0 Å². The third-order valence-electron chi connectivity index (χ3n) is 4.01. The lowest BCUT2D eigenvalue weighted by Crippen LogP contribution is -2.04. The zero-order valence-corrected chi connectivity index (χ0v) is 13.2. The van der Waals surface area contributed by atoms with E-state index < -0.39 is 5.97 Å². The van der Waals surface area contributed by atoms with Crippen molar-refractivity contribution in [1.82, 2.24) is 15.0 Å². The van der Waals surface area contributed by atoms with Gasteiger partial charge >= 0.3 is 5.97 Å². The molecule has 0 amide bonds. The van der Waals surface area contributed by atoms with Gasteiger partial charge in [0.25, 0.3) is 0 Å². The molecular weight excluding hydrogens is 290 g/mol. The van der Waals surface area contributed by atoms with Crippen LogP contribution in [-0.2, 0) is 0 Å². The highest BCUT2D eigenvalue weighted by Gasteiger charge is 2.22. The van der Waals surface area contributed by atoms with E-state index in [0.29, 0.717) is 5.69 Å². The SMILES string of the molecule is Cc1ccc(-n2nnc(C(=O)O)c2-c2ccccc2C)cc1C. The van der Waals surface area contributed by atoms with Gasteiger partial charge in [-0.25, -0.2) is 9.48 Å². The van der Waals surface area contributed by atoms with Gasteiger partial charge < -0.3 is 5.11 Å². The van der Waals surface area contributed by atoms with Crippen LogP contribution in [0, 0.1) is 20.8 Å². The van der Waals surface area contributed by atoms with E-state index in [9.17, 15) is 9.90 Å². The van der Waals surface area contributed by atoms with Crippen LogP contribution < -0.4 is 0 Å². The van der Waals surface area contributed by atoms with E-state index in [0.717, 1.165) is 22.4 Å². The zero-order chi connectivity index (χ0) is 16.6. The van der Waals surface area contributed by atoms with E-state index in [2.05, 4.69) is 10.3 Å². The van der Waals surface area contributed by atoms with Gasteiger partial charge in [-0.15, -0.1) is 5.10 Å². The summed E-state index contributed by atoms with van der Waals surface area (Å²) in [5.74, 6) is -1.08. The van der Waals surface area contributed by atoms with Gasteiger partial charge in [-0.3, -0.25) is 0 Å². The number of benzene rings is 2. The van der Waals surface area contributed by atoms with Gasteiger partial charge in [0.05, 0.1) is 5.69 Å². The molecule has 0 aliphatic heterocycles. The van der Waals surface area contributed by atoms with Gasteiger partial charge in [0.15, 0.2) is 5.69 Å². The first-order valence-corrected chi connectivity index (χ1v) is 7.31. The van der Waals surface area contributed by atoms with Crippen LogP contribution in [0.5, 0.6) is 0 Å². The lowest BCUT2D eigenvalue weighted by atomic mass is 10.0. The third kappa shape index (κ3) is 2.61. The summed E-state index contributed by atoms with van der Waals surface area (Å²) in [7, 11) is 0. The third-order valence-corrected chi connectivity index (χ3v) is 4.01. The van der Waals surface area contributed by atoms with Gasteiger partial charge in [-0.05, 0) is 49.6 Å². The van der Waals surface area contributed by atoms with Crippen molar-refractivity contribution in [2.45, 2.75) is 20.8 Å². The summed E-state index contributed by atoms with van der Waals surface area (Å²) in [5, 5.41) is 17.4. The van der Waals surface area contributed by atoms with E-state index >= 15 is 0 Å². The first-order chi connectivity index (χ1) is 11.0. The minimum atomic E-state index is -1.08. The van der Waals surface area contributed by atoms with Crippen LogP contribution in [0.3, 0.4) is 0 Å². The van der Waals surface area contributed by atoms with Crippen molar-refractivity contribution in [1.29, 1.82) is 0 Å². The molecule has 0 unspecified atom stereocenters. The van der Waals surface area contributed by atoms with Crippen LogP contribution >= 0.6 is 0 Å². The molecule has 0 atom stereocenters. The van der Waals surface area contributed by atoms with Crippen molar-refractivity contribution in [2.24, 2.45) is 0 Å². The van der Waals surface area contributed by atoms with Gasteiger partial charge in [-0.2, -0.15) is 0 Å². The van der Waals surface area contributed by atoms with Crippen molar-refractivity contribution in [2.75, 3.05) is 0 Å². The average molecular weight is 307 g/mol. The lowest BCUT2D eigenvalue weighted by molar-refractivity contribution is 0.0691. The van der Waals surface area contributed by atoms with Crippen LogP contribution in [-0.4, -0.2) is 26.1 Å². The standard InChI is InChI=1S/C18H17N3O2/c1-11-8-9-14(10-13(11)3)21-17(16(18(22)23)19-20-21)15-7-5-4-6-12(15)2/h4-10H,1-3H3,(H,22,23). The largest absolute Gasteiger partial charge is 0.476 e. The van der Waals surface area contributed by atoms with Crippen molar-refractivity contribution in [3.63, 3.8) is 0 Å². The minimum absolute atomic E-state index is 0.0440. The fraction of sp³-hybridized carbons (Fsp3) is 0.167. The average Bonchev–Trinajstić information content (AvgIpc) is 2.95. The normalized spacial score (nSPS) is 10.7. The van der Waals surface area contributed by atoms with E-state index in [1.807, 2.05) is 63.2 Å². The number of carbonyl (C=O) groups is 1. The zero-order valence-electron chi connectivity index (χ0n) is 13.2. The van der Waals surface area contributed by atoms with E-state index in [1.54, 1.807) is 4.68 Å². The van der Waals surface area contributed by atoms with Crippen molar-refractivity contribution < 1.29 is 9.90 Å². The van der Waals surface area contributed by atoms with Crippen LogP contribution in [0.2, 0.25) is 0 Å². The molecule has 1 heterocycles. The highest BCUT2D eigenvalue weighted by Crippen LogP contribution is 2.28. The number of aryl methyl sites for hydroxylation is 3. The molecule has 0 radical (unpaired) electrons. The first-order valence-electron chi connectivity index (χ1n) is 7.31. The summed E-state index contributed by atoms with van der Waals surface area (Å²) in [6, 6.07) is 13.5. The maximum atomic E-state index is 11.6. The maximum Gasteiger partial charge on any atom is 0.358 e. The van der Waals surface area contributed by atoms with Crippen LogP contribution in [0.15, 0.2) is 42.5 Å². The van der Waals surface area contributed by atoms with Crippen molar-refractivity contribution in [3.8, 4) is 16.9 Å². The Bertz CT molecular complexity index is 897. The Morgan fingerprint density at radius 1 is 1.00 bits per heavy atom. The summed E-state index contributed by atoms with van der Waals surface area (Å²) in [4.78, 5) is 11.6. The number of rotatable bonds is 3. The Kier molecular flexibility index (Phi) is 3.70. The maximum absolute atomic E-state index is 11.6. The molecule has 0 fully saturated rings. The number of hydrogen-bond acceptors (Lipinski definition) is 3. The quantitative estimate of drug-likeness (QED) is 0.803. The molecule has 0 saturated carbocycles. The number of carboxylic acids is 1. The summed E-state index contributed by atoms with van der Waals surface area (Å²) >= 11 is 0. The van der Waals surface area contributed by atoms with Crippen molar-refractivity contribution >= 4 is 5.97 Å². The molecule has 0 aliphatic rings. The van der Waals surface area contributed by atoms with E-state index in [4.69, 9.17) is 0 Å². The molecule has 116 valence electrons. The molecule has 0 aliphatic carbocycles. The Morgan fingerprint density at radius 2 is 1.74 bits per heavy atom. The van der Waals surface area contributed by atoms with Gasteiger partial charge in [0.1, 0.15) is 5.69 Å². The number of carboxylic acid groups (broad SMARTS) is 1. The van der Waals surface area contributed by atoms with Crippen LogP contribution in [0.25, 0.3) is 16.9 Å². The summed E-state index contributed by atoms with van der Waals surface area (Å²) in [6.07, 6.45) is 0. The number of nitrogens with zero attached hydrogens (tertiary/aromatic N) is 3. The fourth-order valence-electron chi connectivity index (χ4n) is 2.54. The number of aromatic nitrogens is 3. The molecule has 0 spiro atoms. The minimum Gasteiger partial charge on any atom is -0.476 e. The predicted molar refractivity (Wildman–Crippen MR) is 88.0 cm³/mol. The van der Waals surface area contributed by atoms with Gasteiger partial charge in [0.2, 0.25) is 0 Å². The Balaban J connectivity index is 2.29. The van der Waals surface area contributed by atoms with E-state index in [-0.39, 0.29) is 5.69 Å². The number of hydrogen-bond donors (Lipinski definition) is 1. The molecule has 23 heavy (non-hydrogen) atoms. The highest BCUT2D eigenvalue weighted by molar-refractivity contribution is 5.93. The van der Waals surface area contributed by atoms with Crippen LogP contribution in [0.1, 0.15) is 27.2 Å². The Hall–Kier alpha value is -2.95. The molecular formula is C18H17N3O2. The highest BCUT2D eigenvalue weighted by atomic mass is 16.4. The molecule has 3 aromatic rings. The molecule has 5 nitrogen and oxygen atoms in total. The van der Waals surface area contributed by atoms with Gasteiger partial charge in [-0.1, -0.05) is 35.5 Å². The summed E-state index contributed by atoms with van der Waals surface area (Å²) in [5.41, 5.74) is 5.33. The fourth-order valence-corrected chi connectivity index (χ4v) is 2.54. The second kappa shape index (κ2) is 5.68. The second-order valence-electron chi connectivity index (χ2n) is 5.59. The molecule has 2 aromatic carbocycles. The molecule has 0 bridgehead atoms. The van der Waals surface area contributed by atoms with Gasteiger partial charge in [0, 0.05) is 5.56 Å². The molecule has 3 rings (SSSR count). The molecule has 1 N–H and O–H groups in total. The molecule has 1 aromatic heterocycles. The number of aromatic carboxylic acids is 1.